The Morgan fingerprint density at radius 1 is 1.12 bits per heavy atom. The number of carbonyl (C=O) groups is 1. The van der Waals surface area contributed by atoms with E-state index in [1.165, 1.54) is 4.68 Å². The molecule has 0 saturated carbocycles. The predicted molar refractivity (Wildman–Crippen MR) is 103 cm³/mol. The van der Waals surface area contributed by atoms with E-state index in [2.05, 4.69) is 16.9 Å². The van der Waals surface area contributed by atoms with Crippen LogP contribution in [0.2, 0.25) is 0 Å². The molecule has 1 aliphatic heterocycles. The van der Waals surface area contributed by atoms with Gasteiger partial charge < -0.3 is 4.90 Å². The minimum absolute atomic E-state index is 0.0742. The van der Waals surface area contributed by atoms with Crippen LogP contribution in [-0.2, 0) is 6.54 Å². The van der Waals surface area contributed by atoms with E-state index < -0.39 is 0 Å². The van der Waals surface area contributed by atoms with Crippen LogP contribution in [0.15, 0.2) is 29.1 Å². The molecule has 6 nitrogen and oxygen atoms in total. The summed E-state index contributed by atoms with van der Waals surface area (Å²) in [7, 11) is 0. The van der Waals surface area contributed by atoms with Crippen LogP contribution in [0.3, 0.4) is 0 Å². The number of amides is 1. The normalized spacial score (nSPS) is 15.8. The molecule has 0 atom stereocenters. The fourth-order valence-corrected chi connectivity index (χ4v) is 3.50. The van der Waals surface area contributed by atoms with E-state index in [1.807, 2.05) is 36.9 Å². The molecule has 0 aliphatic carbocycles. The van der Waals surface area contributed by atoms with Crippen molar-refractivity contribution in [1.29, 1.82) is 0 Å². The monoisotopic (exact) mass is 356 g/mol. The van der Waals surface area contributed by atoms with E-state index >= 15 is 0 Å². The number of aromatic nitrogens is 2. The highest BCUT2D eigenvalue weighted by molar-refractivity contribution is 6.04. The Labute approximate surface area is 154 Å². The van der Waals surface area contributed by atoms with Crippen molar-refractivity contribution in [3.63, 3.8) is 0 Å². The highest BCUT2D eigenvalue weighted by atomic mass is 16.2. The maximum atomic E-state index is 13.2. The molecule has 6 heteroatoms. The van der Waals surface area contributed by atoms with Gasteiger partial charge in [0.15, 0.2) is 5.69 Å². The van der Waals surface area contributed by atoms with Gasteiger partial charge in [-0.3, -0.25) is 14.5 Å². The Morgan fingerprint density at radius 2 is 1.77 bits per heavy atom. The molecular formula is C20H28N4O2. The fraction of sp³-hybridized carbons (Fsp3) is 0.550. The second-order valence-corrected chi connectivity index (χ2v) is 7.41. The standard InChI is InChI=1S/C20H28N4O2/c1-4-9-22-10-12-23(13-11-22)20(26)18-16-7-5-6-8-17(16)19(25)24(21-18)14-15(2)3/h5-8,15H,4,9-14H2,1-3H3. The van der Waals surface area contributed by atoms with E-state index in [1.54, 1.807) is 6.07 Å². The van der Waals surface area contributed by atoms with Gasteiger partial charge in [0, 0.05) is 38.1 Å². The number of fused-ring (bicyclic) bond motifs is 1. The summed E-state index contributed by atoms with van der Waals surface area (Å²) in [4.78, 5) is 30.1. The lowest BCUT2D eigenvalue weighted by atomic mass is 10.1. The summed E-state index contributed by atoms with van der Waals surface area (Å²) in [6.45, 7) is 11.0. The minimum atomic E-state index is -0.126. The third-order valence-electron chi connectivity index (χ3n) is 4.81. The number of carbonyl (C=O) groups excluding carboxylic acids is 1. The zero-order valence-corrected chi connectivity index (χ0v) is 15.9. The molecule has 26 heavy (non-hydrogen) atoms. The van der Waals surface area contributed by atoms with Crippen LogP contribution in [-0.4, -0.2) is 58.2 Å². The lowest BCUT2D eigenvalue weighted by molar-refractivity contribution is 0.0631. The van der Waals surface area contributed by atoms with Crippen molar-refractivity contribution in [3.8, 4) is 0 Å². The number of hydrogen-bond donors (Lipinski definition) is 0. The number of nitrogens with zero attached hydrogens (tertiary/aromatic N) is 4. The molecule has 0 N–H and O–H groups in total. The van der Waals surface area contributed by atoms with Gasteiger partial charge in [-0.1, -0.05) is 39.0 Å². The molecule has 1 amide bonds. The van der Waals surface area contributed by atoms with Gasteiger partial charge in [-0.05, 0) is 24.9 Å². The lowest BCUT2D eigenvalue weighted by Crippen LogP contribution is -2.49. The molecule has 1 fully saturated rings. The van der Waals surface area contributed by atoms with E-state index in [0.717, 1.165) is 26.1 Å². The van der Waals surface area contributed by atoms with Crippen molar-refractivity contribution in [1.82, 2.24) is 19.6 Å². The van der Waals surface area contributed by atoms with Crippen LogP contribution < -0.4 is 5.56 Å². The Hall–Kier alpha value is -2.21. The summed E-state index contributed by atoms with van der Waals surface area (Å²) in [6, 6.07) is 7.30. The molecule has 1 aliphatic rings. The highest BCUT2D eigenvalue weighted by Crippen LogP contribution is 2.17. The molecule has 1 saturated heterocycles. The number of benzene rings is 1. The van der Waals surface area contributed by atoms with Crippen molar-refractivity contribution in [3.05, 3.63) is 40.3 Å². The zero-order valence-electron chi connectivity index (χ0n) is 15.9. The van der Waals surface area contributed by atoms with Crippen LogP contribution in [0.25, 0.3) is 10.8 Å². The average Bonchev–Trinajstić information content (AvgIpc) is 2.64. The zero-order chi connectivity index (χ0) is 18.7. The third-order valence-corrected chi connectivity index (χ3v) is 4.81. The first-order chi connectivity index (χ1) is 12.5. The average molecular weight is 356 g/mol. The lowest BCUT2D eigenvalue weighted by Gasteiger charge is -2.34. The first kappa shape index (κ1) is 18.6. The van der Waals surface area contributed by atoms with Crippen LogP contribution in [0, 0.1) is 5.92 Å². The second-order valence-electron chi connectivity index (χ2n) is 7.41. The quantitative estimate of drug-likeness (QED) is 0.824. The van der Waals surface area contributed by atoms with Gasteiger partial charge in [-0.15, -0.1) is 0 Å². The molecule has 140 valence electrons. The third kappa shape index (κ3) is 3.80. The van der Waals surface area contributed by atoms with Crippen LogP contribution >= 0.6 is 0 Å². The van der Waals surface area contributed by atoms with Gasteiger partial charge in [-0.25, -0.2) is 4.68 Å². The topological polar surface area (TPSA) is 58.4 Å². The summed E-state index contributed by atoms with van der Waals surface area (Å²) in [5, 5.41) is 5.69. The van der Waals surface area contributed by atoms with E-state index in [9.17, 15) is 9.59 Å². The molecule has 2 heterocycles. The smallest absolute Gasteiger partial charge is 0.275 e. The van der Waals surface area contributed by atoms with Crippen molar-refractivity contribution in [2.45, 2.75) is 33.7 Å². The number of hydrogen-bond acceptors (Lipinski definition) is 4. The summed E-state index contributed by atoms with van der Waals surface area (Å²) in [5.41, 5.74) is 0.267. The summed E-state index contributed by atoms with van der Waals surface area (Å²) in [6.07, 6.45) is 1.13. The Morgan fingerprint density at radius 3 is 2.38 bits per heavy atom. The maximum Gasteiger partial charge on any atom is 0.275 e. The Bertz CT molecular complexity index is 835. The molecule has 0 radical (unpaired) electrons. The highest BCUT2D eigenvalue weighted by Gasteiger charge is 2.25. The number of piperazine rings is 1. The first-order valence-corrected chi connectivity index (χ1v) is 9.52. The largest absolute Gasteiger partial charge is 0.335 e. The fourth-order valence-electron chi connectivity index (χ4n) is 3.50. The molecular weight excluding hydrogens is 328 g/mol. The van der Waals surface area contributed by atoms with E-state index in [0.29, 0.717) is 36.1 Å². The predicted octanol–water partition coefficient (Wildman–Crippen LogP) is 2.22. The van der Waals surface area contributed by atoms with Crippen LogP contribution in [0.5, 0.6) is 0 Å². The van der Waals surface area contributed by atoms with E-state index in [4.69, 9.17) is 0 Å². The van der Waals surface area contributed by atoms with Crippen molar-refractivity contribution < 1.29 is 4.79 Å². The summed E-state index contributed by atoms with van der Waals surface area (Å²) < 4.78 is 1.45. The van der Waals surface area contributed by atoms with Crippen LogP contribution in [0.4, 0.5) is 0 Å². The van der Waals surface area contributed by atoms with Gasteiger partial charge in [0.1, 0.15) is 0 Å². The Kier molecular flexibility index (Phi) is 5.71. The molecule has 2 aromatic rings. The first-order valence-electron chi connectivity index (χ1n) is 9.52. The van der Waals surface area contributed by atoms with Crippen LogP contribution in [0.1, 0.15) is 37.7 Å². The maximum absolute atomic E-state index is 13.2. The van der Waals surface area contributed by atoms with E-state index in [-0.39, 0.29) is 17.4 Å². The second kappa shape index (κ2) is 7.99. The van der Waals surface area contributed by atoms with Gasteiger partial charge in [-0.2, -0.15) is 5.10 Å². The summed E-state index contributed by atoms with van der Waals surface area (Å²) in [5.74, 6) is 0.205. The molecule has 1 aromatic carbocycles. The SMILES string of the molecule is CCCN1CCN(C(=O)c2nn(CC(C)C)c(=O)c3ccccc23)CC1. The van der Waals surface area contributed by atoms with Crippen molar-refractivity contribution in [2.24, 2.45) is 5.92 Å². The molecule has 0 spiro atoms. The van der Waals surface area contributed by atoms with Gasteiger partial charge in [0.25, 0.3) is 11.5 Å². The van der Waals surface area contributed by atoms with Crippen molar-refractivity contribution >= 4 is 16.7 Å². The Balaban J connectivity index is 1.95. The number of rotatable bonds is 5. The molecule has 0 unspecified atom stereocenters. The van der Waals surface area contributed by atoms with Gasteiger partial charge in [0.2, 0.25) is 0 Å². The molecule has 3 rings (SSSR count). The van der Waals surface area contributed by atoms with Gasteiger partial charge in [0.05, 0.1) is 5.39 Å². The molecule has 0 bridgehead atoms. The summed E-state index contributed by atoms with van der Waals surface area (Å²) >= 11 is 0. The van der Waals surface area contributed by atoms with Gasteiger partial charge >= 0.3 is 0 Å². The minimum Gasteiger partial charge on any atom is -0.335 e. The van der Waals surface area contributed by atoms with Crippen molar-refractivity contribution in [2.75, 3.05) is 32.7 Å². The molecule has 1 aromatic heterocycles.